The summed E-state index contributed by atoms with van der Waals surface area (Å²) in [5.74, 6) is 0.623. The van der Waals surface area contributed by atoms with Crippen LogP contribution in [0.25, 0.3) is 0 Å². The molecular formula is C13H17ClN2O2. The fourth-order valence-electron chi connectivity index (χ4n) is 2.49. The summed E-state index contributed by atoms with van der Waals surface area (Å²) in [6.07, 6.45) is 6.27. The zero-order chi connectivity index (χ0) is 13.0. The number of hydrogen-bond acceptors (Lipinski definition) is 3. The van der Waals surface area contributed by atoms with Crippen molar-refractivity contribution >= 4 is 23.0 Å². The molecule has 1 saturated carbocycles. The zero-order valence-corrected chi connectivity index (χ0v) is 10.9. The summed E-state index contributed by atoms with van der Waals surface area (Å²) in [6.45, 7) is 0.793. The highest BCUT2D eigenvalue weighted by atomic mass is 35.5. The smallest absolute Gasteiger partial charge is 0.310 e. The molecule has 1 aromatic rings. The highest BCUT2D eigenvalue weighted by Crippen LogP contribution is 2.33. The normalized spacial score (nSPS) is 16.5. The van der Waals surface area contributed by atoms with Crippen molar-refractivity contribution in [2.24, 2.45) is 5.92 Å². The van der Waals surface area contributed by atoms with Crippen LogP contribution in [0.2, 0.25) is 5.02 Å². The fraction of sp³-hybridized carbons (Fsp3) is 0.538. The number of nitro groups is 1. The molecule has 1 aliphatic carbocycles. The zero-order valence-electron chi connectivity index (χ0n) is 10.2. The molecule has 0 unspecified atom stereocenters. The molecule has 1 fully saturated rings. The van der Waals surface area contributed by atoms with Gasteiger partial charge in [-0.1, -0.05) is 36.9 Å². The van der Waals surface area contributed by atoms with Crippen LogP contribution in [-0.2, 0) is 0 Å². The molecule has 98 valence electrons. The summed E-state index contributed by atoms with van der Waals surface area (Å²) in [5.41, 5.74) is 0.507. The molecule has 0 heterocycles. The van der Waals surface area contributed by atoms with Crippen molar-refractivity contribution < 1.29 is 4.92 Å². The van der Waals surface area contributed by atoms with E-state index in [1.54, 1.807) is 18.2 Å². The van der Waals surface area contributed by atoms with E-state index in [9.17, 15) is 10.1 Å². The van der Waals surface area contributed by atoms with Gasteiger partial charge in [0.05, 0.1) is 4.92 Å². The van der Waals surface area contributed by atoms with Gasteiger partial charge in [-0.2, -0.15) is 0 Å². The van der Waals surface area contributed by atoms with Crippen LogP contribution in [0.5, 0.6) is 0 Å². The highest BCUT2D eigenvalue weighted by Gasteiger charge is 2.19. The van der Waals surface area contributed by atoms with Crippen molar-refractivity contribution in [3.05, 3.63) is 33.3 Å². The van der Waals surface area contributed by atoms with Crippen molar-refractivity contribution in [2.75, 3.05) is 11.9 Å². The van der Waals surface area contributed by atoms with Gasteiger partial charge in [0, 0.05) is 6.54 Å². The van der Waals surface area contributed by atoms with Gasteiger partial charge in [0.1, 0.15) is 10.7 Å². The molecular weight excluding hydrogens is 252 g/mol. The van der Waals surface area contributed by atoms with Crippen LogP contribution in [0.15, 0.2) is 18.2 Å². The van der Waals surface area contributed by atoms with Gasteiger partial charge in [0.15, 0.2) is 0 Å². The second-order valence-electron chi connectivity index (χ2n) is 4.78. The van der Waals surface area contributed by atoms with E-state index in [0.29, 0.717) is 11.6 Å². The Kier molecular flexibility index (Phi) is 4.42. The van der Waals surface area contributed by atoms with Gasteiger partial charge in [-0.25, -0.2) is 0 Å². The monoisotopic (exact) mass is 268 g/mol. The Morgan fingerprint density at radius 3 is 2.72 bits per heavy atom. The first-order valence-electron chi connectivity index (χ1n) is 6.35. The molecule has 1 aliphatic rings. The summed E-state index contributed by atoms with van der Waals surface area (Å²) in [7, 11) is 0. The largest absolute Gasteiger partial charge is 0.379 e. The topological polar surface area (TPSA) is 55.2 Å². The number of anilines is 1. The van der Waals surface area contributed by atoms with Gasteiger partial charge < -0.3 is 5.32 Å². The molecule has 1 aromatic carbocycles. The van der Waals surface area contributed by atoms with Crippen LogP contribution in [0.4, 0.5) is 11.4 Å². The van der Waals surface area contributed by atoms with Crippen LogP contribution >= 0.6 is 11.6 Å². The van der Waals surface area contributed by atoms with E-state index in [1.807, 2.05) is 0 Å². The van der Waals surface area contributed by atoms with E-state index < -0.39 is 4.92 Å². The minimum Gasteiger partial charge on any atom is -0.379 e. The van der Waals surface area contributed by atoms with E-state index >= 15 is 0 Å². The van der Waals surface area contributed by atoms with E-state index in [4.69, 9.17) is 11.6 Å². The molecule has 0 atom stereocenters. The Morgan fingerprint density at radius 2 is 2.06 bits per heavy atom. The first kappa shape index (κ1) is 13.1. The van der Waals surface area contributed by atoms with Gasteiger partial charge >= 0.3 is 5.69 Å². The molecule has 2 rings (SSSR count). The van der Waals surface area contributed by atoms with Crippen LogP contribution < -0.4 is 5.32 Å². The quantitative estimate of drug-likeness (QED) is 0.656. The standard InChI is InChI=1S/C13H17ClN2O2/c14-11-7-4-8-12(13(11)16(17)18)15-9-10-5-2-1-3-6-10/h4,7-8,10,15H,1-3,5-6,9H2. The first-order valence-corrected chi connectivity index (χ1v) is 6.73. The highest BCUT2D eigenvalue weighted by molar-refractivity contribution is 6.33. The molecule has 18 heavy (non-hydrogen) atoms. The Bertz CT molecular complexity index is 431. The molecule has 0 aromatic heterocycles. The van der Waals surface area contributed by atoms with Gasteiger partial charge in [0.2, 0.25) is 0 Å². The van der Waals surface area contributed by atoms with Gasteiger partial charge in [0.25, 0.3) is 0 Å². The second kappa shape index (κ2) is 6.05. The lowest BCUT2D eigenvalue weighted by Gasteiger charge is -2.22. The van der Waals surface area contributed by atoms with Crippen molar-refractivity contribution in [1.82, 2.24) is 0 Å². The molecule has 1 N–H and O–H groups in total. The Hall–Kier alpha value is -1.29. The van der Waals surface area contributed by atoms with Crippen molar-refractivity contribution in [2.45, 2.75) is 32.1 Å². The molecule has 0 bridgehead atoms. The third-order valence-electron chi connectivity index (χ3n) is 3.48. The van der Waals surface area contributed by atoms with Gasteiger partial charge in [-0.3, -0.25) is 10.1 Å². The number of benzene rings is 1. The minimum atomic E-state index is -0.425. The number of hydrogen-bond donors (Lipinski definition) is 1. The maximum absolute atomic E-state index is 11.0. The van der Waals surface area contributed by atoms with Gasteiger partial charge in [-0.15, -0.1) is 0 Å². The summed E-state index contributed by atoms with van der Waals surface area (Å²) in [5, 5.41) is 14.3. The maximum atomic E-state index is 11.0. The third-order valence-corrected chi connectivity index (χ3v) is 3.78. The van der Waals surface area contributed by atoms with Crippen molar-refractivity contribution in [3.63, 3.8) is 0 Å². The minimum absolute atomic E-state index is 0.0185. The summed E-state index contributed by atoms with van der Waals surface area (Å²) in [6, 6.07) is 5.00. The van der Waals surface area contributed by atoms with Crippen LogP contribution in [0.1, 0.15) is 32.1 Å². The number of halogens is 1. The van der Waals surface area contributed by atoms with E-state index in [-0.39, 0.29) is 10.7 Å². The van der Waals surface area contributed by atoms with Crippen molar-refractivity contribution in [3.8, 4) is 0 Å². The van der Waals surface area contributed by atoms with E-state index in [2.05, 4.69) is 5.32 Å². The Morgan fingerprint density at radius 1 is 1.33 bits per heavy atom. The lowest BCUT2D eigenvalue weighted by Crippen LogP contribution is -2.17. The summed E-state index contributed by atoms with van der Waals surface area (Å²) in [4.78, 5) is 10.5. The SMILES string of the molecule is O=[N+]([O-])c1c(Cl)cccc1NCC1CCCCC1. The van der Waals surface area contributed by atoms with Crippen LogP contribution in [-0.4, -0.2) is 11.5 Å². The molecule has 4 nitrogen and oxygen atoms in total. The first-order chi connectivity index (χ1) is 8.68. The second-order valence-corrected chi connectivity index (χ2v) is 5.19. The molecule has 0 aliphatic heterocycles. The number of nitrogens with one attached hydrogen (secondary N) is 1. The Balaban J connectivity index is 2.04. The molecule has 0 radical (unpaired) electrons. The predicted octanol–water partition coefficient (Wildman–Crippen LogP) is 4.24. The number of para-hydroxylation sites is 1. The van der Waals surface area contributed by atoms with E-state index in [0.717, 1.165) is 6.54 Å². The summed E-state index contributed by atoms with van der Waals surface area (Å²) >= 11 is 5.86. The molecule has 0 spiro atoms. The summed E-state index contributed by atoms with van der Waals surface area (Å²) < 4.78 is 0. The fourth-order valence-corrected chi connectivity index (χ4v) is 2.73. The lowest BCUT2D eigenvalue weighted by molar-refractivity contribution is -0.383. The number of nitrogens with zero attached hydrogens (tertiary/aromatic N) is 1. The molecule has 0 amide bonds. The molecule has 0 saturated heterocycles. The van der Waals surface area contributed by atoms with E-state index in [1.165, 1.54) is 32.1 Å². The van der Waals surface area contributed by atoms with Crippen molar-refractivity contribution in [1.29, 1.82) is 0 Å². The average molecular weight is 269 g/mol. The van der Waals surface area contributed by atoms with Crippen LogP contribution in [0, 0.1) is 16.0 Å². The molecule has 5 heteroatoms. The average Bonchev–Trinajstić information content (AvgIpc) is 2.37. The third kappa shape index (κ3) is 3.13. The van der Waals surface area contributed by atoms with Gasteiger partial charge in [-0.05, 0) is 30.9 Å². The predicted molar refractivity (Wildman–Crippen MR) is 73.2 cm³/mol. The number of nitro benzene ring substituents is 1. The maximum Gasteiger partial charge on any atom is 0.310 e. The Labute approximate surface area is 111 Å². The van der Waals surface area contributed by atoms with Crippen LogP contribution in [0.3, 0.4) is 0 Å². The lowest BCUT2D eigenvalue weighted by atomic mass is 9.89. The number of rotatable bonds is 4.